The third-order valence-electron chi connectivity index (χ3n) is 5.94. The molecular formula is C23H29N3OS2. The van der Waals surface area contributed by atoms with Crippen LogP contribution in [-0.2, 0) is 17.6 Å². The average Bonchev–Trinajstić information content (AvgIpc) is 3.29. The minimum Gasteiger partial charge on any atom is -0.309 e. The maximum absolute atomic E-state index is 12.8. The molecule has 3 aromatic rings. The van der Waals surface area contributed by atoms with E-state index in [2.05, 4.69) is 31.1 Å². The molecule has 29 heavy (non-hydrogen) atoms. The van der Waals surface area contributed by atoms with Gasteiger partial charge in [0.25, 0.3) is 0 Å². The van der Waals surface area contributed by atoms with Crippen LogP contribution in [0.3, 0.4) is 0 Å². The van der Waals surface area contributed by atoms with Gasteiger partial charge in [-0.15, -0.1) is 22.7 Å². The van der Waals surface area contributed by atoms with E-state index in [9.17, 15) is 4.79 Å². The molecule has 1 aliphatic rings. The summed E-state index contributed by atoms with van der Waals surface area (Å²) in [4.78, 5) is 24.5. The molecule has 0 bridgehead atoms. The van der Waals surface area contributed by atoms with E-state index < -0.39 is 0 Å². The monoisotopic (exact) mass is 427 g/mol. The van der Waals surface area contributed by atoms with Gasteiger partial charge in [0, 0.05) is 40.4 Å². The standard InChI is InChI=1S/C23H29N3OS2/c1-4-14(2)6-5-7-16(27)12-20-21(17-8-11-25-15(3)22(17)28-20)23-26-18-13-24-10-9-19(18)29-23/h9-10,13-15,25H,4-8,11-12H2,1-3H3/t14-,15+/m0/s1. The highest BCUT2D eigenvalue weighted by Crippen LogP contribution is 2.44. The topological polar surface area (TPSA) is 54.9 Å². The van der Waals surface area contributed by atoms with Gasteiger partial charge in [-0.2, -0.15) is 0 Å². The van der Waals surface area contributed by atoms with Crippen LogP contribution in [0.1, 0.15) is 67.8 Å². The number of fused-ring (bicyclic) bond motifs is 2. The van der Waals surface area contributed by atoms with E-state index in [1.807, 2.05) is 29.8 Å². The molecule has 1 aliphatic heterocycles. The SMILES string of the molecule is CC[C@H](C)CCCC(=O)Cc1sc2c(c1-c1nc3cnccc3s1)CCN[C@@H]2C. The molecule has 4 rings (SSSR count). The maximum atomic E-state index is 12.8. The Hall–Kier alpha value is -1.63. The second kappa shape index (κ2) is 9.02. The van der Waals surface area contributed by atoms with E-state index in [1.165, 1.54) is 27.3 Å². The third kappa shape index (κ3) is 4.44. The molecule has 4 heterocycles. The van der Waals surface area contributed by atoms with E-state index in [4.69, 9.17) is 4.98 Å². The van der Waals surface area contributed by atoms with Crippen molar-refractivity contribution in [3.63, 3.8) is 0 Å². The quantitative estimate of drug-likeness (QED) is 0.482. The van der Waals surface area contributed by atoms with Crippen LogP contribution >= 0.6 is 22.7 Å². The molecule has 4 nitrogen and oxygen atoms in total. The van der Waals surface area contributed by atoms with Crippen molar-refractivity contribution in [3.8, 4) is 10.6 Å². The van der Waals surface area contributed by atoms with E-state index in [0.29, 0.717) is 30.6 Å². The second-order valence-corrected chi connectivity index (χ2v) is 10.3. The normalized spacial score (nSPS) is 17.4. The molecule has 6 heteroatoms. The molecule has 0 fully saturated rings. The zero-order chi connectivity index (χ0) is 20.4. The van der Waals surface area contributed by atoms with Gasteiger partial charge in [0.15, 0.2) is 0 Å². The molecule has 0 saturated heterocycles. The predicted octanol–water partition coefficient (Wildman–Crippen LogP) is 5.95. The molecule has 0 spiro atoms. The minimum absolute atomic E-state index is 0.341. The first-order valence-electron chi connectivity index (χ1n) is 10.7. The molecule has 154 valence electrons. The lowest BCUT2D eigenvalue weighted by Gasteiger charge is -2.20. The number of hydrogen-bond donors (Lipinski definition) is 1. The summed E-state index contributed by atoms with van der Waals surface area (Å²) >= 11 is 3.53. The molecule has 2 atom stereocenters. The summed E-state index contributed by atoms with van der Waals surface area (Å²) in [6, 6.07) is 2.37. The van der Waals surface area contributed by atoms with Crippen LogP contribution in [-0.4, -0.2) is 22.3 Å². The van der Waals surface area contributed by atoms with Crippen LogP contribution in [0.5, 0.6) is 0 Å². The van der Waals surface area contributed by atoms with Crippen molar-refractivity contribution in [1.29, 1.82) is 0 Å². The Labute approximate surface area is 180 Å². The first-order valence-corrected chi connectivity index (χ1v) is 12.3. The number of thiazole rings is 1. The van der Waals surface area contributed by atoms with Gasteiger partial charge in [-0.1, -0.05) is 26.7 Å². The van der Waals surface area contributed by atoms with Gasteiger partial charge in [-0.3, -0.25) is 9.78 Å². The van der Waals surface area contributed by atoms with E-state index in [0.717, 1.165) is 41.0 Å². The molecule has 0 aromatic carbocycles. The minimum atomic E-state index is 0.341. The number of nitrogens with zero attached hydrogens (tertiary/aromatic N) is 2. The highest BCUT2D eigenvalue weighted by molar-refractivity contribution is 7.22. The summed E-state index contributed by atoms with van der Waals surface area (Å²) in [5.41, 5.74) is 3.57. The number of ketones is 1. The lowest BCUT2D eigenvalue weighted by molar-refractivity contribution is -0.118. The van der Waals surface area contributed by atoms with Gasteiger partial charge in [-0.05, 0) is 43.9 Å². The highest BCUT2D eigenvalue weighted by Gasteiger charge is 2.28. The van der Waals surface area contributed by atoms with E-state index >= 15 is 0 Å². The smallest absolute Gasteiger partial charge is 0.138 e. The summed E-state index contributed by atoms with van der Waals surface area (Å²) in [6.45, 7) is 7.69. The molecule has 3 aromatic heterocycles. The Bertz CT molecular complexity index is 974. The number of Topliss-reactive ketones (excluding diaryl/α,β-unsaturated/α-hetero) is 1. The van der Waals surface area contributed by atoms with Crippen LogP contribution in [0.15, 0.2) is 18.5 Å². The summed E-state index contributed by atoms with van der Waals surface area (Å²) in [5.74, 6) is 1.06. The Morgan fingerprint density at radius 2 is 2.24 bits per heavy atom. The highest BCUT2D eigenvalue weighted by atomic mass is 32.1. The number of carbonyl (C=O) groups excluding carboxylic acids is 1. The fourth-order valence-electron chi connectivity index (χ4n) is 4.02. The zero-order valence-corrected chi connectivity index (χ0v) is 19.1. The molecule has 0 amide bonds. The zero-order valence-electron chi connectivity index (χ0n) is 17.5. The van der Waals surface area contributed by atoms with Crippen LogP contribution in [0, 0.1) is 5.92 Å². The molecular weight excluding hydrogens is 398 g/mol. The first-order chi connectivity index (χ1) is 14.1. The van der Waals surface area contributed by atoms with Crippen molar-refractivity contribution in [2.24, 2.45) is 5.92 Å². The third-order valence-corrected chi connectivity index (χ3v) is 8.41. The fourth-order valence-corrected chi connectivity index (χ4v) is 6.53. The van der Waals surface area contributed by atoms with Gasteiger partial charge < -0.3 is 5.32 Å². The van der Waals surface area contributed by atoms with Crippen molar-refractivity contribution in [3.05, 3.63) is 33.8 Å². The van der Waals surface area contributed by atoms with Crippen LogP contribution < -0.4 is 5.32 Å². The van der Waals surface area contributed by atoms with Crippen LogP contribution in [0.4, 0.5) is 0 Å². The Morgan fingerprint density at radius 3 is 3.03 bits per heavy atom. The van der Waals surface area contributed by atoms with Crippen molar-refractivity contribution >= 4 is 38.7 Å². The number of nitrogens with one attached hydrogen (secondary N) is 1. The van der Waals surface area contributed by atoms with Crippen molar-refractivity contribution in [2.45, 2.75) is 65.3 Å². The molecule has 0 unspecified atom stereocenters. The summed E-state index contributed by atoms with van der Waals surface area (Å²) in [7, 11) is 0. The van der Waals surface area contributed by atoms with Crippen molar-refractivity contribution < 1.29 is 4.79 Å². The van der Waals surface area contributed by atoms with Gasteiger partial charge >= 0.3 is 0 Å². The predicted molar refractivity (Wildman–Crippen MR) is 123 cm³/mol. The fraction of sp³-hybridized carbons (Fsp3) is 0.522. The van der Waals surface area contributed by atoms with Crippen molar-refractivity contribution in [2.75, 3.05) is 6.54 Å². The molecule has 0 aliphatic carbocycles. The Kier molecular flexibility index (Phi) is 6.42. The van der Waals surface area contributed by atoms with E-state index in [-0.39, 0.29) is 0 Å². The Morgan fingerprint density at radius 1 is 1.38 bits per heavy atom. The van der Waals surface area contributed by atoms with Gasteiger partial charge in [0.1, 0.15) is 16.3 Å². The number of hydrogen-bond acceptors (Lipinski definition) is 6. The molecule has 0 saturated carbocycles. The summed E-state index contributed by atoms with van der Waals surface area (Å²) in [6.07, 6.45) is 9.20. The lowest BCUT2D eigenvalue weighted by Crippen LogP contribution is -2.26. The number of aromatic nitrogens is 2. The maximum Gasteiger partial charge on any atom is 0.138 e. The summed E-state index contributed by atoms with van der Waals surface area (Å²) in [5, 5.41) is 4.61. The van der Waals surface area contributed by atoms with Gasteiger partial charge in [-0.25, -0.2) is 4.98 Å². The average molecular weight is 428 g/mol. The second-order valence-electron chi connectivity index (χ2n) is 8.15. The number of pyridine rings is 1. The van der Waals surface area contributed by atoms with E-state index in [1.54, 1.807) is 11.3 Å². The first kappa shape index (κ1) is 20.6. The Balaban J connectivity index is 1.64. The van der Waals surface area contributed by atoms with Gasteiger partial charge in [0.2, 0.25) is 0 Å². The number of rotatable bonds is 8. The number of carbonyl (C=O) groups is 1. The van der Waals surface area contributed by atoms with Crippen molar-refractivity contribution in [1.82, 2.24) is 15.3 Å². The number of thiophene rings is 1. The lowest BCUT2D eigenvalue weighted by atomic mass is 9.96. The summed E-state index contributed by atoms with van der Waals surface area (Å²) < 4.78 is 1.16. The van der Waals surface area contributed by atoms with Crippen LogP contribution in [0.2, 0.25) is 0 Å². The molecule has 0 radical (unpaired) electrons. The largest absolute Gasteiger partial charge is 0.309 e. The molecule has 1 N–H and O–H groups in total. The van der Waals surface area contributed by atoms with Gasteiger partial charge in [0.05, 0.1) is 10.9 Å². The van der Waals surface area contributed by atoms with Crippen LogP contribution in [0.25, 0.3) is 20.8 Å².